The third-order valence-electron chi connectivity index (χ3n) is 6.76. The Kier molecular flexibility index (Phi) is 8.23. The van der Waals surface area contributed by atoms with Gasteiger partial charge in [0.05, 0.1) is 30.2 Å². The predicted molar refractivity (Wildman–Crippen MR) is 144 cm³/mol. The van der Waals surface area contributed by atoms with Crippen molar-refractivity contribution in [2.24, 2.45) is 0 Å². The van der Waals surface area contributed by atoms with Gasteiger partial charge in [-0.2, -0.15) is 19.5 Å². The molecule has 1 aliphatic rings. The number of likely N-dealkylation sites (N-methyl/N-ethyl adjacent to an activating group) is 1. The SMILES string of the molecule is CN(CCN1CCN(c2cc(C(=O)NCC(O)CO)c(F)cc2F)CC1)c1nc(N)n2nc(-c3ccco3)nc2n1. The molecule has 0 radical (unpaired) electrons. The van der Waals surface area contributed by atoms with Crippen molar-refractivity contribution in [1.29, 1.82) is 0 Å². The molecule has 4 aromatic rings. The molecule has 1 amide bonds. The van der Waals surface area contributed by atoms with E-state index in [-0.39, 0.29) is 23.7 Å². The molecule has 4 heterocycles. The zero-order valence-corrected chi connectivity index (χ0v) is 22.2. The highest BCUT2D eigenvalue weighted by Gasteiger charge is 2.24. The first-order chi connectivity index (χ1) is 19.7. The number of halogens is 2. The topological polar surface area (TPSA) is 174 Å². The Bertz CT molecular complexity index is 1510. The number of benzene rings is 1. The maximum absolute atomic E-state index is 14.7. The number of rotatable bonds is 10. The minimum absolute atomic E-state index is 0.121. The number of nitrogen functional groups attached to an aromatic ring is 1. The van der Waals surface area contributed by atoms with E-state index in [9.17, 15) is 18.7 Å². The second-order valence-corrected chi connectivity index (χ2v) is 9.59. The fraction of sp³-hybridized carbons (Fsp3) is 0.400. The van der Waals surface area contributed by atoms with Crippen molar-refractivity contribution in [2.45, 2.75) is 6.10 Å². The standard InChI is InChI=1S/C25H30F2N10O4/c1-34(24-31-23(28)37-25(32-24)30-21(33-37)20-3-2-10-41-20)4-5-35-6-8-36(9-7-35)19-11-16(17(26)12-18(19)27)22(40)29-13-15(39)14-38/h2-3,10-12,15,38-39H,4-9,13-14H2,1H3,(H,29,40)(H2,28,30,31,32,33). The molecular formula is C25H30F2N10O4. The molecule has 1 unspecified atom stereocenters. The summed E-state index contributed by atoms with van der Waals surface area (Å²) in [6, 6.07) is 5.33. The van der Waals surface area contributed by atoms with Crippen LogP contribution in [0.25, 0.3) is 17.4 Å². The summed E-state index contributed by atoms with van der Waals surface area (Å²) in [4.78, 5) is 31.4. The van der Waals surface area contributed by atoms with E-state index >= 15 is 0 Å². The lowest BCUT2D eigenvalue weighted by atomic mass is 10.1. The van der Waals surface area contributed by atoms with Crippen LogP contribution in [0.4, 0.5) is 26.4 Å². The number of nitrogens with two attached hydrogens (primary N) is 1. The van der Waals surface area contributed by atoms with Crippen molar-refractivity contribution in [3.8, 4) is 11.6 Å². The Morgan fingerprint density at radius 1 is 1.20 bits per heavy atom. The lowest BCUT2D eigenvalue weighted by Crippen LogP contribution is -2.48. The fourth-order valence-corrected chi connectivity index (χ4v) is 4.40. The molecule has 14 nitrogen and oxygen atoms in total. The quantitative estimate of drug-likeness (QED) is 0.200. The highest BCUT2D eigenvalue weighted by molar-refractivity contribution is 5.95. The molecule has 0 aliphatic carbocycles. The number of hydrogen-bond donors (Lipinski definition) is 4. The summed E-state index contributed by atoms with van der Waals surface area (Å²) in [5.74, 6) is -0.931. The Labute approximate surface area is 233 Å². The number of hydrogen-bond acceptors (Lipinski definition) is 12. The van der Waals surface area contributed by atoms with Gasteiger partial charge in [-0.15, -0.1) is 5.10 Å². The zero-order chi connectivity index (χ0) is 29.1. The number of aliphatic hydroxyl groups is 2. The van der Waals surface area contributed by atoms with Crippen molar-refractivity contribution in [3.63, 3.8) is 0 Å². The van der Waals surface area contributed by atoms with Gasteiger partial charge in [0, 0.05) is 58.9 Å². The average molecular weight is 573 g/mol. The van der Waals surface area contributed by atoms with Crippen molar-refractivity contribution >= 4 is 29.3 Å². The maximum atomic E-state index is 14.7. The largest absolute Gasteiger partial charge is 0.461 e. The van der Waals surface area contributed by atoms with E-state index < -0.39 is 30.3 Å². The number of fused-ring (bicyclic) bond motifs is 1. The van der Waals surface area contributed by atoms with Gasteiger partial charge in [0.1, 0.15) is 11.6 Å². The molecule has 1 aromatic carbocycles. The van der Waals surface area contributed by atoms with Crippen molar-refractivity contribution in [1.82, 2.24) is 34.8 Å². The van der Waals surface area contributed by atoms with Gasteiger partial charge in [-0.1, -0.05) is 0 Å². The summed E-state index contributed by atoms with van der Waals surface area (Å²) >= 11 is 0. The summed E-state index contributed by atoms with van der Waals surface area (Å²) in [6.45, 7) is 2.55. The van der Waals surface area contributed by atoms with Crippen LogP contribution in [-0.2, 0) is 0 Å². The lowest BCUT2D eigenvalue weighted by Gasteiger charge is -2.37. The predicted octanol–water partition coefficient (Wildman–Crippen LogP) is -0.0189. The van der Waals surface area contributed by atoms with Crippen molar-refractivity contribution in [3.05, 3.63) is 47.7 Å². The van der Waals surface area contributed by atoms with Gasteiger partial charge in [0.2, 0.25) is 17.7 Å². The fourth-order valence-electron chi connectivity index (χ4n) is 4.40. The van der Waals surface area contributed by atoms with Gasteiger partial charge in [-0.3, -0.25) is 9.69 Å². The Hall–Kier alpha value is -4.41. The minimum atomic E-state index is -1.18. The van der Waals surface area contributed by atoms with E-state index in [0.29, 0.717) is 68.6 Å². The van der Waals surface area contributed by atoms with Crippen molar-refractivity contribution < 1.29 is 28.2 Å². The molecule has 0 spiro atoms. The number of aliphatic hydroxyl groups excluding tert-OH is 2. The summed E-state index contributed by atoms with van der Waals surface area (Å²) < 4.78 is 35.7. The van der Waals surface area contributed by atoms with Gasteiger partial charge >= 0.3 is 0 Å². The van der Waals surface area contributed by atoms with Crippen LogP contribution in [0, 0.1) is 11.6 Å². The molecule has 5 rings (SSSR count). The Morgan fingerprint density at radius 2 is 1.98 bits per heavy atom. The first-order valence-electron chi connectivity index (χ1n) is 12.9. The van der Waals surface area contributed by atoms with Crippen LogP contribution in [0.15, 0.2) is 34.9 Å². The molecule has 41 heavy (non-hydrogen) atoms. The number of piperazine rings is 1. The highest BCUT2D eigenvalue weighted by Crippen LogP contribution is 2.25. The summed E-state index contributed by atoms with van der Waals surface area (Å²) in [5, 5.41) is 24.9. The van der Waals surface area contributed by atoms with Crippen LogP contribution in [0.2, 0.25) is 0 Å². The van der Waals surface area contributed by atoms with Crippen LogP contribution in [0.1, 0.15) is 10.4 Å². The number of furan rings is 1. The van der Waals surface area contributed by atoms with Crippen molar-refractivity contribution in [2.75, 3.05) is 75.0 Å². The van der Waals surface area contributed by atoms with Gasteiger partial charge in [0.25, 0.3) is 11.7 Å². The lowest BCUT2D eigenvalue weighted by molar-refractivity contribution is 0.0799. The highest BCUT2D eigenvalue weighted by atomic mass is 19.1. The number of nitrogens with one attached hydrogen (secondary N) is 1. The maximum Gasteiger partial charge on any atom is 0.259 e. The van der Waals surface area contributed by atoms with Crippen LogP contribution < -0.4 is 20.9 Å². The first kappa shape index (κ1) is 28.1. The second kappa shape index (κ2) is 12.0. The van der Waals surface area contributed by atoms with Gasteiger partial charge in [-0.25, -0.2) is 8.78 Å². The van der Waals surface area contributed by atoms with E-state index in [2.05, 4.69) is 30.3 Å². The monoisotopic (exact) mass is 572 g/mol. The molecule has 3 aromatic heterocycles. The molecule has 5 N–H and O–H groups in total. The molecule has 0 bridgehead atoms. The first-order valence-corrected chi connectivity index (χ1v) is 12.9. The minimum Gasteiger partial charge on any atom is -0.461 e. The Balaban J connectivity index is 1.18. The van der Waals surface area contributed by atoms with E-state index in [4.69, 9.17) is 15.3 Å². The second-order valence-electron chi connectivity index (χ2n) is 9.59. The van der Waals surface area contributed by atoms with Crippen LogP contribution >= 0.6 is 0 Å². The van der Waals surface area contributed by atoms with E-state index in [0.717, 1.165) is 0 Å². The summed E-state index contributed by atoms with van der Waals surface area (Å²) in [7, 11) is 1.84. The van der Waals surface area contributed by atoms with Crippen LogP contribution in [-0.4, -0.2) is 111 Å². The van der Waals surface area contributed by atoms with Crippen LogP contribution in [0.3, 0.4) is 0 Å². The third kappa shape index (κ3) is 6.18. The van der Waals surface area contributed by atoms with E-state index in [1.165, 1.54) is 16.8 Å². The number of aromatic nitrogens is 5. The average Bonchev–Trinajstić information content (AvgIpc) is 3.65. The van der Waals surface area contributed by atoms with Gasteiger partial charge in [-0.05, 0) is 18.2 Å². The van der Waals surface area contributed by atoms with Gasteiger partial charge in [0.15, 0.2) is 5.76 Å². The molecule has 1 saturated heterocycles. The molecule has 0 saturated carbocycles. The Morgan fingerprint density at radius 3 is 2.68 bits per heavy atom. The third-order valence-corrected chi connectivity index (χ3v) is 6.76. The number of carbonyl (C=O) groups is 1. The smallest absolute Gasteiger partial charge is 0.259 e. The normalized spacial score (nSPS) is 14.9. The molecule has 1 aliphatic heterocycles. The van der Waals surface area contributed by atoms with Gasteiger partial charge < -0.3 is 35.5 Å². The zero-order valence-electron chi connectivity index (χ0n) is 22.2. The number of amides is 1. The number of nitrogens with zero attached hydrogens (tertiary/aromatic N) is 8. The van der Waals surface area contributed by atoms with E-state index in [1.54, 1.807) is 17.0 Å². The molecule has 1 atom stereocenters. The summed E-state index contributed by atoms with van der Waals surface area (Å²) in [5.41, 5.74) is 5.88. The van der Waals surface area contributed by atoms with Crippen LogP contribution in [0.5, 0.6) is 0 Å². The molecule has 16 heteroatoms. The van der Waals surface area contributed by atoms with E-state index in [1.807, 2.05) is 11.9 Å². The number of anilines is 3. The summed E-state index contributed by atoms with van der Waals surface area (Å²) in [6.07, 6.45) is 0.347. The molecular weight excluding hydrogens is 542 g/mol. The molecule has 1 fully saturated rings. The molecule has 218 valence electrons. The number of carbonyl (C=O) groups excluding carboxylic acids is 1.